The molecule has 5 rings (SSSR count). The molecule has 0 spiro atoms. The van der Waals surface area contributed by atoms with Gasteiger partial charge in [-0.15, -0.1) is 0 Å². The van der Waals surface area contributed by atoms with Crippen molar-refractivity contribution in [2.75, 3.05) is 26.8 Å². The number of halogens is 1. The zero-order valence-electron chi connectivity index (χ0n) is 22.8. The number of amides is 1. The maximum absolute atomic E-state index is 14.6. The second kappa shape index (κ2) is 12.6. The summed E-state index contributed by atoms with van der Waals surface area (Å²) >= 11 is 0. The lowest BCUT2D eigenvalue weighted by atomic mass is 9.95. The highest BCUT2D eigenvalue weighted by atomic mass is 19.1. The zero-order valence-corrected chi connectivity index (χ0v) is 22.8. The van der Waals surface area contributed by atoms with Crippen LogP contribution in [0.5, 0.6) is 0 Å². The number of carbonyl (C=O) groups excluding carboxylic acids is 1. The van der Waals surface area contributed by atoms with Gasteiger partial charge in [0.05, 0.1) is 5.52 Å². The van der Waals surface area contributed by atoms with Crippen molar-refractivity contribution >= 4 is 16.9 Å². The van der Waals surface area contributed by atoms with Gasteiger partial charge in [-0.3, -0.25) is 9.59 Å². The predicted molar refractivity (Wildman–Crippen MR) is 154 cm³/mol. The third-order valence-electron chi connectivity index (χ3n) is 7.63. The highest BCUT2D eigenvalue weighted by Gasteiger charge is 2.29. The summed E-state index contributed by atoms with van der Waals surface area (Å²) in [5, 5.41) is 0. The van der Waals surface area contributed by atoms with Crippen LogP contribution in [-0.2, 0) is 22.5 Å². The molecular formula is C31H36FN5O3. The minimum absolute atomic E-state index is 0.0287. The molecule has 8 nitrogen and oxygen atoms in total. The number of hydrogen-bond donors (Lipinski definition) is 2. The molecule has 0 aliphatic carbocycles. The Balaban J connectivity index is 1.23. The molecule has 2 unspecified atom stereocenters. The number of piperidine rings is 1. The third kappa shape index (κ3) is 6.32. The lowest BCUT2D eigenvalue weighted by Crippen LogP contribution is -2.42. The molecule has 1 saturated heterocycles. The molecule has 2 aromatic carbocycles. The monoisotopic (exact) mass is 545 g/mol. The number of aromatic amines is 1. The van der Waals surface area contributed by atoms with E-state index >= 15 is 0 Å². The summed E-state index contributed by atoms with van der Waals surface area (Å²) in [5.41, 5.74) is 10.3. The molecule has 3 N–H and O–H groups in total. The fourth-order valence-corrected chi connectivity index (χ4v) is 5.64. The molecule has 40 heavy (non-hydrogen) atoms. The number of carbonyl (C=O) groups is 1. The lowest BCUT2D eigenvalue weighted by Gasteiger charge is -2.33. The van der Waals surface area contributed by atoms with Crippen molar-refractivity contribution in [3.8, 4) is 11.1 Å². The number of nitrogens with one attached hydrogen (secondary N) is 1. The molecule has 0 saturated carbocycles. The molecule has 1 aliphatic rings. The largest absolute Gasteiger partial charge is 0.385 e. The molecule has 2 atom stereocenters. The number of likely N-dealkylation sites (tertiary alicyclic amines) is 1. The molecule has 210 valence electrons. The number of imidazole rings is 1. The van der Waals surface area contributed by atoms with E-state index in [2.05, 4.69) is 9.55 Å². The fourth-order valence-electron chi connectivity index (χ4n) is 5.64. The quantitative estimate of drug-likeness (QED) is 0.290. The summed E-state index contributed by atoms with van der Waals surface area (Å²) in [6.45, 7) is 2.52. The van der Waals surface area contributed by atoms with Gasteiger partial charge >= 0.3 is 0 Å². The number of pyridine rings is 1. The van der Waals surface area contributed by atoms with Gasteiger partial charge < -0.3 is 24.9 Å². The molecule has 1 fully saturated rings. The molecule has 9 heteroatoms. The standard InChI is InChI=1S/C31H36FN5O3/c1-40-16-4-15-37-27-7-2-6-26(32)30(27)35-31(37)24-5-3-14-36(20-24)29(39)19-25(33)17-21-8-10-22(11-9-21)23-12-13-34-28(38)18-23/h2,6-13,18,24-25H,3-5,14-17,19-20,33H2,1H3,(H,34,38). The Kier molecular flexibility index (Phi) is 8.72. The highest BCUT2D eigenvalue weighted by Crippen LogP contribution is 2.31. The van der Waals surface area contributed by atoms with Crippen LogP contribution >= 0.6 is 0 Å². The number of benzene rings is 2. The lowest BCUT2D eigenvalue weighted by molar-refractivity contribution is -0.132. The SMILES string of the molecule is COCCCn1c(C2CCCN(C(=O)CC(N)Cc3ccc(-c4cc[nH]c(=O)c4)cc3)C2)nc2c(F)cccc21. The average molecular weight is 546 g/mol. The smallest absolute Gasteiger partial charge is 0.248 e. The molecule has 2 aromatic heterocycles. The number of rotatable bonds is 10. The summed E-state index contributed by atoms with van der Waals surface area (Å²) in [7, 11) is 1.67. The van der Waals surface area contributed by atoms with Gasteiger partial charge in [0.2, 0.25) is 11.5 Å². The Morgan fingerprint density at radius 1 is 1.20 bits per heavy atom. The minimum atomic E-state index is -0.329. The van der Waals surface area contributed by atoms with Crippen LogP contribution in [0.1, 0.15) is 43.0 Å². The minimum Gasteiger partial charge on any atom is -0.385 e. The Bertz CT molecular complexity index is 1510. The van der Waals surface area contributed by atoms with Crippen LogP contribution in [0.4, 0.5) is 4.39 Å². The van der Waals surface area contributed by atoms with E-state index in [0.29, 0.717) is 38.2 Å². The number of ether oxygens (including phenoxy) is 1. The van der Waals surface area contributed by atoms with Crippen molar-refractivity contribution in [1.29, 1.82) is 0 Å². The second-order valence-corrected chi connectivity index (χ2v) is 10.6. The van der Waals surface area contributed by atoms with E-state index in [9.17, 15) is 14.0 Å². The number of aromatic nitrogens is 3. The third-order valence-corrected chi connectivity index (χ3v) is 7.63. The van der Waals surface area contributed by atoms with Gasteiger partial charge in [0.25, 0.3) is 0 Å². The van der Waals surface area contributed by atoms with Crippen LogP contribution in [0.2, 0.25) is 0 Å². The fraction of sp³-hybridized carbons (Fsp3) is 0.387. The number of H-pyrrole nitrogens is 1. The van der Waals surface area contributed by atoms with Crippen molar-refractivity contribution < 1.29 is 13.9 Å². The van der Waals surface area contributed by atoms with Crippen molar-refractivity contribution in [3.63, 3.8) is 0 Å². The van der Waals surface area contributed by atoms with Crippen LogP contribution < -0.4 is 11.3 Å². The Hall–Kier alpha value is -3.82. The van der Waals surface area contributed by atoms with Crippen LogP contribution in [0, 0.1) is 5.82 Å². The number of nitrogens with zero attached hydrogens (tertiary/aromatic N) is 3. The molecule has 0 radical (unpaired) electrons. The molecule has 1 aliphatic heterocycles. The number of fused-ring (bicyclic) bond motifs is 1. The van der Waals surface area contributed by atoms with Crippen molar-refractivity contribution in [2.45, 2.75) is 50.6 Å². The van der Waals surface area contributed by atoms with E-state index in [0.717, 1.165) is 47.3 Å². The summed E-state index contributed by atoms with van der Waals surface area (Å²) in [6, 6.07) is 16.1. The summed E-state index contributed by atoms with van der Waals surface area (Å²) in [6.07, 6.45) is 5.01. The maximum Gasteiger partial charge on any atom is 0.248 e. The van der Waals surface area contributed by atoms with Gasteiger partial charge in [-0.2, -0.15) is 0 Å². The van der Waals surface area contributed by atoms with Gasteiger partial charge in [-0.25, -0.2) is 9.37 Å². The van der Waals surface area contributed by atoms with Crippen molar-refractivity contribution in [1.82, 2.24) is 19.4 Å². The summed E-state index contributed by atoms with van der Waals surface area (Å²) in [5.74, 6) is 0.564. The van der Waals surface area contributed by atoms with E-state index in [1.54, 1.807) is 25.4 Å². The van der Waals surface area contributed by atoms with Gasteiger partial charge in [-0.1, -0.05) is 30.3 Å². The van der Waals surface area contributed by atoms with Crippen LogP contribution in [0.25, 0.3) is 22.2 Å². The number of aryl methyl sites for hydroxylation is 1. The van der Waals surface area contributed by atoms with E-state index in [4.69, 9.17) is 15.5 Å². The molecule has 0 bridgehead atoms. The van der Waals surface area contributed by atoms with E-state index in [-0.39, 0.29) is 35.7 Å². The molecule has 4 aromatic rings. The van der Waals surface area contributed by atoms with Gasteiger partial charge in [0.1, 0.15) is 11.3 Å². The topological polar surface area (TPSA) is 106 Å². The Morgan fingerprint density at radius 3 is 2.80 bits per heavy atom. The van der Waals surface area contributed by atoms with Crippen LogP contribution in [-0.4, -0.2) is 58.2 Å². The first-order valence-electron chi connectivity index (χ1n) is 13.9. The maximum atomic E-state index is 14.6. The van der Waals surface area contributed by atoms with E-state index < -0.39 is 0 Å². The molecule has 3 heterocycles. The van der Waals surface area contributed by atoms with Gasteiger partial charge in [0, 0.05) is 64.0 Å². The number of nitrogens with two attached hydrogens (primary N) is 1. The summed E-state index contributed by atoms with van der Waals surface area (Å²) < 4.78 is 21.9. The molecule has 1 amide bonds. The number of para-hydroxylation sites is 1. The highest BCUT2D eigenvalue weighted by molar-refractivity contribution is 5.78. The first-order chi connectivity index (χ1) is 19.4. The summed E-state index contributed by atoms with van der Waals surface area (Å²) in [4.78, 5) is 34.1. The van der Waals surface area contributed by atoms with Crippen molar-refractivity contribution in [3.05, 3.63) is 88.4 Å². The Labute approximate surface area is 233 Å². The average Bonchev–Trinajstić information content (AvgIpc) is 3.33. The predicted octanol–water partition coefficient (Wildman–Crippen LogP) is 4.23. The van der Waals surface area contributed by atoms with Gasteiger partial charge in [0.15, 0.2) is 5.82 Å². The normalized spacial score (nSPS) is 16.4. The van der Waals surface area contributed by atoms with Crippen molar-refractivity contribution in [2.24, 2.45) is 5.73 Å². The number of hydrogen-bond acceptors (Lipinski definition) is 5. The van der Waals surface area contributed by atoms with E-state index in [1.165, 1.54) is 6.07 Å². The molecular weight excluding hydrogens is 509 g/mol. The second-order valence-electron chi connectivity index (χ2n) is 10.6. The first-order valence-corrected chi connectivity index (χ1v) is 13.9. The number of methoxy groups -OCH3 is 1. The van der Waals surface area contributed by atoms with Gasteiger partial charge in [-0.05, 0) is 60.6 Å². The zero-order chi connectivity index (χ0) is 28.1. The van der Waals surface area contributed by atoms with Crippen LogP contribution in [0.15, 0.2) is 65.6 Å². The Morgan fingerprint density at radius 2 is 2.02 bits per heavy atom. The first kappa shape index (κ1) is 27.7. The van der Waals surface area contributed by atoms with Crippen LogP contribution in [0.3, 0.4) is 0 Å². The van der Waals surface area contributed by atoms with E-state index in [1.807, 2.05) is 41.3 Å².